The van der Waals surface area contributed by atoms with Gasteiger partial charge in [0.05, 0.1) is 5.54 Å². The van der Waals surface area contributed by atoms with Crippen molar-refractivity contribution in [1.29, 1.82) is 0 Å². The van der Waals surface area contributed by atoms with Crippen LogP contribution in [0.2, 0.25) is 0 Å². The molecule has 136 valence electrons. The molecule has 0 atom stereocenters. The van der Waals surface area contributed by atoms with Crippen molar-refractivity contribution in [2.45, 2.75) is 77.5 Å². The molecule has 1 amide bonds. The number of benzene rings is 1. The molecule has 3 N–H and O–H groups in total. The minimum absolute atomic E-state index is 0. The molecule has 0 spiro atoms. The van der Waals surface area contributed by atoms with Crippen LogP contribution in [0, 0.1) is 6.92 Å². The molecule has 0 radical (unpaired) electrons. The van der Waals surface area contributed by atoms with Gasteiger partial charge in [-0.1, -0.05) is 31.4 Å². The highest BCUT2D eigenvalue weighted by atomic mass is 35.5. The number of carbonyl (C=O) groups excluding carboxylic acids is 1. The molecule has 0 bridgehead atoms. The van der Waals surface area contributed by atoms with Gasteiger partial charge in [-0.25, -0.2) is 0 Å². The third kappa shape index (κ3) is 5.67. The fourth-order valence-electron chi connectivity index (χ4n) is 2.99. The smallest absolute Gasteiger partial charge is 0.240 e. The van der Waals surface area contributed by atoms with E-state index < -0.39 is 5.54 Å². The number of aryl methyl sites for hydroxylation is 1. The van der Waals surface area contributed by atoms with E-state index >= 15 is 0 Å². The number of carbonyl (C=O) groups is 1. The van der Waals surface area contributed by atoms with Crippen LogP contribution >= 0.6 is 12.4 Å². The predicted octanol–water partition coefficient (Wildman–Crippen LogP) is 3.87. The van der Waals surface area contributed by atoms with Gasteiger partial charge in [0, 0.05) is 12.1 Å². The zero-order valence-corrected chi connectivity index (χ0v) is 16.1. The van der Waals surface area contributed by atoms with Crippen molar-refractivity contribution in [2.24, 2.45) is 5.73 Å². The first-order chi connectivity index (χ1) is 10.7. The SMILES string of the molecule is Cc1ccc(CNC(=O)C2(N)CCCCC2)c(OC(C)(C)C)c1.Cl. The van der Waals surface area contributed by atoms with Crippen molar-refractivity contribution in [3.63, 3.8) is 0 Å². The monoisotopic (exact) mass is 354 g/mol. The van der Waals surface area contributed by atoms with Gasteiger partial charge < -0.3 is 15.8 Å². The first-order valence-electron chi connectivity index (χ1n) is 8.55. The maximum absolute atomic E-state index is 12.5. The number of hydrogen-bond acceptors (Lipinski definition) is 3. The van der Waals surface area contributed by atoms with Gasteiger partial charge in [-0.3, -0.25) is 4.79 Å². The molecule has 1 fully saturated rings. The largest absolute Gasteiger partial charge is 0.488 e. The van der Waals surface area contributed by atoms with Crippen LogP contribution in [0.3, 0.4) is 0 Å². The number of rotatable bonds is 4. The molecule has 0 heterocycles. The first-order valence-corrected chi connectivity index (χ1v) is 8.55. The van der Waals surface area contributed by atoms with Gasteiger partial charge in [-0.05, 0) is 52.2 Å². The zero-order chi connectivity index (χ0) is 17.1. The first kappa shape index (κ1) is 20.8. The summed E-state index contributed by atoms with van der Waals surface area (Å²) in [5, 5.41) is 3.01. The molecule has 1 aromatic carbocycles. The van der Waals surface area contributed by atoms with Crippen LogP contribution in [0.25, 0.3) is 0 Å². The molecule has 0 aromatic heterocycles. The Morgan fingerprint density at radius 1 is 1.25 bits per heavy atom. The summed E-state index contributed by atoms with van der Waals surface area (Å²) in [4.78, 5) is 12.5. The molecule has 1 aliphatic carbocycles. The molecule has 1 saturated carbocycles. The highest BCUT2D eigenvalue weighted by Gasteiger charge is 2.35. The summed E-state index contributed by atoms with van der Waals surface area (Å²) in [7, 11) is 0. The van der Waals surface area contributed by atoms with E-state index in [1.807, 2.05) is 45.9 Å². The number of amides is 1. The number of hydrogen-bond donors (Lipinski definition) is 2. The molecule has 5 heteroatoms. The number of halogens is 1. The van der Waals surface area contributed by atoms with E-state index in [-0.39, 0.29) is 23.9 Å². The van der Waals surface area contributed by atoms with E-state index in [4.69, 9.17) is 10.5 Å². The van der Waals surface area contributed by atoms with Crippen LogP contribution in [0.1, 0.15) is 64.0 Å². The molecule has 1 aliphatic rings. The molecule has 0 aliphatic heterocycles. The van der Waals surface area contributed by atoms with Gasteiger partial charge >= 0.3 is 0 Å². The molecular weight excluding hydrogens is 324 g/mol. The van der Waals surface area contributed by atoms with Crippen molar-refractivity contribution >= 4 is 18.3 Å². The van der Waals surface area contributed by atoms with Crippen LogP contribution in [0.5, 0.6) is 5.75 Å². The summed E-state index contributed by atoms with van der Waals surface area (Å²) >= 11 is 0. The Kier molecular flexibility index (Phi) is 7.11. The van der Waals surface area contributed by atoms with E-state index in [0.717, 1.165) is 42.6 Å². The average molecular weight is 355 g/mol. The van der Waals surface area contributed by atoms with Crippen LogP contribution < -0.4 is 15.8 Å². The van der Waals surface area contributed by atoms with E-state index in [0.29, 0.717) is 6.54 Å². The zero-order valence-electron chi connectivity index (χ0n) is 15.3. The lowest BCUT2D eigenvalue weighted by Crippen LogP contribution is -2.54. The lowest BCUT2D eigenvalue weighted by Gasteiger charge is -2.32. The second kappa shape index (κ2) is 8.21. The van der Waals surface area contributed by atoms with Crippen molar-refractivity contribution in [3.8, 4) is 5.75 Å². The van der Waals surface area contributed by atoms with Crippen molar-refractivity contribution < 1.29 is 9.53 Å². The average Bonchev–Trinajstić information content (AvgIpc) is 2.45. The lowest BCUT2D eigenvalue weighted by atomic mass is 9.82. The number of nitrogens with two attached hydrogens (primary N) is 1. The Hall–Kier alpha value is -1.26. The quantitative estimate of drug-likeness (QED) is 0.862. The van der Waals surface area contributed by atoms with Crippen molar-refractivity contribution in [3.05, 3.63) is 29.3 Å². The Morgan fingerprint density at radius 3 is 2.46 bits per heavy atom. The topological polar surface area (TPSA) is 64.4 Å². The molecule has 0 saturated heterocycles. The summed E-state index contributed by atoms with van der Waals surface area (Å²) in [5.41, 5.74) is 7.44. The summed E-state index contributed by atoms with van der Waals surface area (Å²) in [6, 6.07) is 6.07. The Balaban J connectivity index is 0.00000288. The Bertz CT molecular complexity index is 561. The van der Waals surface area contributed by atoms with Crippen molar-refractivity contribution in [2.75, 3.05) is 0 Å². The molecule has 0 unspecified atom stereocenters. The number of nitrogens with one attached hydrogen (secondary N) is 1. The molecule has 4 nitrogen and oxygen atoms in total. The molecule has 1 aromatic rings. The molecular formula is C19H31ClN2O2. The maximum atomic E-state index is 12.5. The standard InChI is InChI=1S/C19H30N2O2.ClH/c1-14-8-9-15(16(12-14)23-18(2,3)4)13-21-17(22)19(20)10-6-5-7-11-19;/h8-9,12H,5-7,10-11,13,20H2,1-4H3,(H,21,22);1H. The van der Waals surface area contributed by atoms with Crippen LogP contribution in [-0.4, -0.2) is 17.0 Å². The van der Waals surface area contributed by atoms with Crippen LogP contribution in [0.4, 0.5) is 0 Å². The lowest BCUT2D eigenvalue weighted by molar-refractivity contribution is -0.127. The summed E-state index contributed by atoms with van der Waals surface area (Å²) < 4.78 is 6.03. The predicted molar refractivity (Wildman–Crippen MR) is 101 cm³/mol. The maximum Gasteiger partial charge on any atom is 0.240 e. The second-order valence-corrected chi connectivity index (χ2v) is 7.73. The summed E-state index contributed by atoms with van der Waals surface area (Å²) in [6.45, 7) is 8.55. The summed E-state index contributed by atoms with van der Waals surface area (Å²) in [5.74, 6) is 0.784. The number of ether oxygens (including phenoxy) is 1. The van der Waals surface area contributed by atoms with Crippen LogP contribution in [0.15, 0.2) is 18.2 Å². The minimum atomic E-state index is -0.700. The molecule has 2 rings (SSSR count). The van der Waals surface area contributed by atoms with E-state index in [2.05, 4.69) is 5.32 Å². The van der Waals surface area contributed by atoms with Crippen molar-refractivity contribution in [1.82, 2.24) is 5.32 Å². The highest BCUT2D eigenvalue weighted by Crippen LogP contribution is 2.27. The fraction of sp³-hybridized carbons (Fsp3) is 0.632. The Labute approximate surface area is 151 Å². The van der Waals surface area contributed by atoms with Gasteiger partial charge in [-0.15, -0.1) is 12.4 Å². The van der Waals surface area contributed by atoms with E-state index in [9.17, 15) is 4.79 Å². The normalized spacial score (nSPS) is 16.9. The Morgan fingerprint density at radius 2 is 1.88 bits per heavy atom. The van der Waals surface area contributed by atoms with E-state index in [1.54, 1.807) is 0 Å². The van der Waals surface area contributed by atoms with Gasteiger partial charge in [0.1, 0.15) is 11.4 Å². The van der Waals surface area contributed by atoms with Gasteiger partial charge in [0.15, 0.2) is 0 Å². The van der Waals surface area contributed by atoms with E-state index in [1.165, 1.54) is 6.42 Å². The summed E-state index contributed by atoms with van der Waals surface area (Å²) in [6.07, 6.45) is 4.80. The van der Waals surface area contributed by atoms with Gasteiger partial charge in [-0.2, -0.15) is 0 Å². The minimum Gasteiger partial charge on any atom is -0.488 e. The fourth-order valence-corrected chi connectivity index (χ4v) is 2.99. The highest BCUT2D eigenvalue weighted by molar-refractivity contribution is 5.86. The third-order valence-electron chi connectivity index (χ3n) is 4.28. The van der Waals surface area contributed by atoms with Gasteiger partial charge in [0.25, 0.3) is 0 Å². The third-order valence-corrected chi connectivity index (χ3v) is 4.28. The second-order valence-electron chi connectivity index (χ2n) is 7.73. The van der Waals surface area contributed by atoms with Gasteiger partial charge in [0.2, 0.25) is 5.91 Å². The van der Waals surface area contributed by atoms with Crippen LogP contribution in [-0.2, 0) is 11.3 Å². The molecule has 24 heavy (non-hydrogen) atoms.